The molecule has 1 unspecified atom stereocenters. The number of quaternary nitrogens is 1. The second-order valence-electron chi connectivity index (χ2n) is 7.57. The van der Waals surface area contributed by atoms with E-state index >= 15 is 0 Å². The number of nitrogens with zero attached hydrogens (tertiary/aromatic N) is 1. The summed E-state index contributed by atoms with van der Waals surface area (Å²) in [7, 11) is 4.30. The van der Waals surface area contributed by atoms with Crippen LogP contribution in [-0.4, -0.2) is 48.8 Å². The fourth-order valence-corrected chi connectivity index (χ4v) is 3.37. The predicted octanol–water partition coefficient (Wildman–Crippen LogP) is -0.152. The quantitative estimate of drug-likeness (QED) is 0.373. The number of carbonyl (C=O) groups excluding carboxylic acids is 1. The van der Waals surface area contributed by atoms with Crippen molar-refractivity contribution in [2.45, 2.75) is 24.5 Å². The van der Waals surface area contributed by atoms with Crippen molar-refractivity contribution >= 4 is 5.97 Å². The molecule has 1 heterocycles. The molecule has 0 amide bonds. The fraction of sp³-hybridized carbons (Fsp3) is 0.381. The summed E-state index contributed by atoms with van der Waals surface area (Å²) in [6, 6.07) is 14.0. The summed E-state index contributed by atoms with van der Waals surface area (Å²) in [6.07, 6.45) is 1.30. The van der Waals surface area contributed by atoms with Gasteiger partial charge in [-0.2, -0.15) is 0 Å². The standard InChI is InChI=1S/C21H25FNO3.HI/c1-23(2)14-12-19(13-15-23)26-20(24)21(25,16-6-4-3-5-7-16)17-8-10-18(22)11-9-17;/h3-11,19,25H,12-15H2,1-2H3;1H/q+1;/p-1. The smallest absolute Gasteiger partial charge is 0.347 e. The fourth-order valence-electron chi connectivity index (χ4n) is 3.37. The number of ether oxygens (including phenoxy) is 1. The van der Waals surface area contributed by atoms with Crippen LogP contribution in [0.15, 0.2) is 54.6 Å². The van der Waals surface area contributed by atoms with E-state index in [0.29, 0.717) is 11.1 Å². The van der Waals surface area contributed by atoms with Crippen LogP contribution in [0.25, 0.3) is 0 Å². The van der Waals surface area contributed by atoms with E-state index in [0.717, 1.165) is 30.4 Å². The number of hydrogen-bond donors (Lipinski definition) is 1. The Morgan fingerprint density at radius 3 is 2.11 bits per heavy atom. The Morgan fingerprint density at radius 1 is 1.04 bits per heavy atom. The molecule has 1 saturated heterocycles. The van der Waals surface area contributed by atoms with Crippen LogP contribution in [0.5, 0.6) is 0 Å². The lowest BCUT2D eigenvalue weighted by molar-refractivity contribution is -0.896. The lowest BCUT2D eigenvalue weighted by atomic mass is 9.86. The number of carbonyl (C=O) groups is 1. The minimum atomic E-state index is -1.96. The van der Waals surface area contributed by atoms with Crippen molar-refractivity contribution in [3.8, 4) is 0 Å². The lowest BCUT2D eigenvalue weighted by Crippen LogP contribution is -3.00. The number of benzene rings is 2. The third kappa shape index (κ3) is 4.86. The Morgan fingerprint density at radius 2 is 1.56 bits per heavy atom. The topological polar surface area (TPSA) is 46.5 Å². The van der Waals surface area contributed by atoms with E-state index in [9.17, 15) is 14.3 Å². The van der Waals surface area contributed by atoms with Crippen LogP contribution in [-0.2, 0) is 15.1 Å². The second kappa shape index (κ2) is 8.67. The Hall–Kier alpha value is -1.51. The Bertz CT molecular complexity index is 757. The first-order valence-corrected chi connectivity index (χ1v) is 8.88. The van der Waals surface area contributed by atoms with E-state index in [1.165, 1.54) is 24.3 Å². The maximum Gasteiger partial charge on any atom is 0.347 e. The van der Waals surface area contributed by atoms with Gasteiger partial charge in [0.2, 0.25) is 5.60 Å². The van der Waals surface area contributed by atoms with E-state index in [-0.39, 0.29) is 30.1 Å². The summed E-state index contributed by atoms with van der Waals surface area (Å²) in [6.45, 7) is 1.83. The van der Waals surface area contributed by atoms with Crippen molar-refractivity contribution in [3.05, 3.63) is 71.5 Å². The molecule has 2 aromatic rings. The average molecular weight is 485 g/mol. The third-order valence-corrected chi connectivity index (χ3v) is 5.14. The normalized spacial score (nSPS) is 18.8. The van der Waals surface area contributed by atoms with Crippen molar-refractivity contribution in [2.75, 3.05) is 27.2 Å². The molecule has 1 N–H and O–H groups in total. The molecule has 146 valence electrons. The molecule has 6 heteroatoms. The third-order valence-electron chi connectivity index (χ3n) is 5.14. The maximum atomic E-state index is 13.3. The van der Waals surface area contributed by atoms with Crippen LogP contribution in [0.1, 0.15) is 24.0 Å². The first-order valence-electron chi connectivity index (χ1n) is 8.88. The number of aliphatic hydroxyl groups is 1. The number of likely N-dealkylation sites (tertiary alicyclic amines) is 1. The van der Waals surface area contributed by atoms with Gasteiger partial charge in [0.15, 0.2) is 0 Å². The molecular weight excluding hydrogens is 460 g/mol. The van der Waals surface area contributed by atoms with Crippen LogP contribution < -0.4 is 24.0 Å². The minimum Gasteiger partial charge on any atom is -1.00 e. The van der Waals surface area contributed by atoms with Crippen LogP contribution in [0.4, 0.5) is 4.39 Å². The van der Waals surface area contributed by atoms with Gasteiger partial charge in [-0.1, -0.05) is 42.5 Å². The zero-order valence-electron chi connectivity index (χ0n) is 15.6. The van der Waals surface area contributed by atoms with E-state index in [1.54, 1.807) is 30.3 Å². The highest BCUT2D eigenvalue weighted by Gasteiger charge is 2.43. The van der Waals surface area contributed by atoms with Gasteiger partial charge in [-0.15, -0.1) is 0 Å². The highest BCUT2D eigenvalue weighted by Crippen LogP contribution is 2.32. The number of hydrogen-bond acceptors (Lipinski definition) is 3. The first-order chi connectivity index (χ1) is 12.3. The molecule has 0 aliphatic carbocycles. The first kappa shape index (κ1) is 21.8. The SMILES string of the molecule is C[N+]1(C)CCC(OC(=O)C(O)(c2ccccc2)c2ccc(F)cc2)CC1.[I-]. The highest BCUT2D eigenvalue weighted by atomic mass is 127. The van der Waals surface area contributed by atoms with E-state index < -0.39 is 17.4 Å². The largest absolute Gasteiger partial charge is 1.00 e. The second-order valence-corrected chi connectivity index (χ2v) is 7.57. The van der Waals surface area contributed by atoms with Gasteiger partial charge in [0.25, 0.3) is 0 Å². The number of rotatable bonds is 4. The molecule has 3 rings (SSSR count). The van der Waals surface area contributed by atoms with Crippen molar-refractivity contribution in [1.29, 1.82) is 0 Å². The molecule has 4 nitrogen and oxygen atoms in total. The minimum absolute atomic E-state index is 0. The van der Waals surface area contributed by atoms with Gasteiger partial charge in [0.1, 0.15) is 11.9 Å². The van der Waals surface area contributed by atoms with E-state index in [2.05, 4.69) is 14.1 Å². The molecular formula is C21H25FINO3. The Kier molecular flexibility index (Phi) is 6.99. The summed E-state index contributed by atoms with van der Waals surface area (Å²) in [5, 5.41) is 11.3. The average Bonchev–Trinajstić information content (AvgIpc) is 2.64. The summed E-state index contributed by atoms with van der Waals surface area (Å²) < 4.78 is 19.9. The van der Waals surface area contributed by atoms with Gasteiger partial charge in [0, 0.05) is 12.8 Å². The van der Waals surface area contributed by atoms with Crippen LogP contribution in [0.3, 0.4) is 0 Å². The highest BCUT2D eigenvalue weighted by molar-refractivity contribution is 5.85. The van der Waals surface area contributed by atoms with E-state index in [4.69, 9.17) is 4.74 Å². The van der Waals surface area contributed by atoms with E-state index in [1.807, 2.05) is 0 Å². The zero-order chi connectivity index (χ0) is 18.8. The van der Waals surface area contributed by atoms with Gasteiger partial charge in [-0.05, 0) is 23.3 Å². The summed E-state index contributed by atoms with van der Waals surface area (Å²) in [4.78, 5) is 13.0. The number of piperidine rings is 1. The maximum absolute atomic E-state index is 13.3. The molecule has 0 radical (unpaired) electrons. The molecule has 0 aromatic heterocycles. The molecule has 0 spiro atoms. The molecule has 1 aliphatic heterocycles. The molecule has 1 atom stereocenters. The molecule has 2 aromatic carbocycles. The number of esters is 1. The number of halogens is 2. The van der Waals surface area contributed by atoms with Gasteiger partial charge < -0.3 is 38.3 Å². The van der Waals surface area contributed by atoms with Crippen molar-refractivity contribution < 1.29 is 47.5 Å². The summed E-state index contributed by atoms with van der Waals surface area (Å²) in [5.41, 5.74) is -1.26. The van der Waals surface area contributed by atoms with Crippen LogP contribution in [0.2, 0.25) is 0 Å². The summed E-state index contributed by atoms with van der Waals surface area (Å²) >= 11 is 0. The summed E-state index contributed by atoms with van der Waals surface area (Å²) in [5.74, 6) is -1.14. The van der Waals surface area contributed by atoms with Gasteiger partial charge >= 0.3 is 5.97 Å². The Labute approximate surface area is 176 Å². The molecule has 0 saturated carbocycles. The zero-order valence-corrected chi connectivity index (χ0v) is 17.7. The van der Waals surface area contributed by atoms with Gasteiger partial charge in [0.05, 0.1) is 27.2 Å². The van der Waals surface area contributed by atoms with Crippen LogP contribution in [0, 0.1) is 5.82 Å². The predicted molar refractivity (Wildman–Crippen MR) is 96.8 cm³/mol. The van der Waals surface area contributed by atoms with Crippen LogP contribution >= 0.6 is 0 Å². The van der Waals surface area contributed by atoms with Crippen molar-refractivity contribution in [1.82, 2.24) is 0 Å². The molecule has 1 fully saturated rings. The van der Waals surface area contributed by atoms with Crippen molar-refractivity contribution in [2.24, 2.45) is 0 Å². The molecule has 27 heavy (non-hydrogen) atoms. The Balaban J connectivity index is 0.00000261. The van der Waals surface area contributed by atoms with Crippen molar-refractivity contribution in [3.63, 3.8) is 0 Å². The molecule has 0 bridgehead atoms. The van der Waals surface area contributed by atoms with Gasteiger partial charge in [-0.25, -0.2) is 9.18 Å². The lowest BCUT2D eigenvalue weighted by Gasteiger charge is -2.38. The van der Waals surface area contributed by atoms with Gasteiger partial charge in [-0.3, -0.25) is 0 Å². The monoisotopic (exact) mass is 485 g/mol. The molecule has 1 aliphatic rings.